The molecule has 1 aliphatic rings. The van der Waals surface area contributed by atoms with Gasteiger partial charge in [-0.15, -0.1) is 0 Å². The summed E-state index contributed by atoms with van der Waals surface area (Å²) in [4.78, 5) is 17.6. The summed E-state index contributed by atoms with van der Waals surface area (Å²) in [6, 6.07) is 0. The molecule has 1 fully saturated rings. The summed E-state index contributed by atoms with van der Waals surface area (Å²) >= 11 is 0. The summed E-state index contributed by atoms with van der Waals surface area (Å²) in [5.74, 6) is 0.0181. The molecular weight excluding hydrogens is 192 g/mol. The van der Waals surface area contributed by atoms with Gasteiger partial charge in [-0.05, 0) is 6.42 Å². The molecule has 2 N–H and O–H groups in total. The van der Waals surface area contributed by atoms with Crippen LogP contribution in [-0.4, -0.2) is 39.0 Å². The molecular formula is C10H16N4O. The highest BCUT2D eigenvalue weighted by molar-refractivity contribution is 5.93. The molecule has 5 heteroatoms. The number of aryl methyl sites for hydroxylation is 1. The van der Waals surface area contributed by atoms with Crippen LogP contribution in [0.15, 0.2) is 12.5 Å². The van der Waals surface area contributed by atoms with Crippen molar-refractivity contribution in [3.05, 3.63) is 18.2 Å². The molecule has 0 saturated carbocycles. The van der Waals surface area contributed by atoms with Crippen molar-refractivity contribution in [2.45, 2.75) is 18.9 Å². The Morgan fingerprint density at radius 2 is 2.33 bits per heavy atom. The van der Waals surface area contributed by atoms with Crippen LogP contribution in [0.25, 0.3) is 0 Å². The Morgan fingerprint density at radius 3 is 2.80 bits per heavy atom. The van der Waals surface area contributed by atoms with Crippen LogP contribution in [-0.2, 0) is 7.05 Å². The molecule has 0 radical (unpaired) electrons. The largest absolute Gasteiger partial charge is 0.333 e. The number of aromatic nitrogens is 2. The van der Waals surface area contributed by atoms with Gasteiger partial charge in [-0.1, -0.05) is 6.92 Å². The summed E-state index contributed by atoms with van der Waals surface area (Å²) in [7, 11) is 1.82. The first kappa shape index (κ1) is 10.2. The molecule has 1 saturated heterocycles. The van der Waals surface area contributed by atoms with Crippen molar-refractivity contribution in [3.8, 4) is 0 Å². The Kier molecular flexibility index (Phi) is 2.26. The Labute approximate surface area is 88.9 Å². The number of nitrogens with two attached hydrogens (primary N) is 1. The molecule has 15 heavy (non-hydrogen) atoms. The number of imidazole rings is 1. The standard InChI is InChI=1S/C10H16N4O/c1-3-10(11)5-14(6-10)9(15)8-4-12-7-13(8)2/h4,7H,3,5-6,11H2,1-2H3. The van der Waals surface area contributed by atoms with E-state index < -0.39 is 0 Å². The van der Waals surface area contributed by atoms with Crippen molar-refractivity contribution < 1.29 is 4.79 Å². The lowest BCUT2D eigenvalue weighted by molar-refractivity contribution is 0.0392. The molecule has 1 aromatic rings. The van der Waals surface area contributed by atoms with Gasteiger partial charge in [0, 0.05) is 20.1 Å². The summed E-state index contributed by atoms with van der Waals surface area (Å²) < 4.78 is 1.73. The van der Waals surface area contributed by atoms with Crippen LogP contribution >= 0.6 is 0 Å². The van der Waals surface area contributed by atoms with E-state index in [4.69, 9.17) is 5.73 Å². The first-order valence-electron chi connectivity index (χ1n) is 5.10. The quantitative estimate of drug-likeness (QED) is 0.743. The minimum atomic E-state index is -0.172. The van der Waals surface area contributed by atoms with Gasteiger partial charge >= 0.3 is 0 Å². The topological polar surface area (TPSA) is 64.2 Å². The van der Waals surface area contributed by atoms with Gasteiger partial charge in [0.05, 0.1) is 18.1 Å². The van der Waals surface area contributed by atoms with Crippen molar-refractivity contribution in [2.24, 2.45) is 12.8 Å². The van der Waals surface area contributed by atoms with Crippen LogP contribution in [0.4, 0.5) is 0 Å². The van der Waals surface area contributed by atoms with E-state index in [0.717, 1.165) is 6.42 Å². The minimum absolute atomic E-state index is 0.0181. The molecule has 0 bridgehead atoms. The Hall–Kier alpha value is -1.36. The second-order valence-corrected chi connectivity index (χ2v) is 4.27. The van der Waals surface area contributed by atoms with Crippen LogP contribution in [0.1, 0.15) is 23.8 Å². The summed E-state index contributed by atoms with van der Waals surface area (Å²) in [6.07, 6.45) is 4.12. The molecule has 1 aliphatic heterocycles. The van der Waals surface area contributed by atoms with E-state index in [0.29, 0.717) is 18.8 Å². The van der Waals surface area contributed by atoms with Gasteiger partial charge in [-0.25, -0.2) is 4.98 Å². The third-order valence-corrected chi connectivity index (χ3v) is 3.04. The number of amides is 1. The Morgan fingerprint density at radius 1 is 1.67 bits per heavy atom. The molecule has 0 aromatic carbocycles. The van der Waals surface area contributed by atoms with Gasteiger partial charge in [0.25, 0.3) is 5.91 Å². The fraction of sp³-hybridized carbons (Fsp3) is 0.600. The van der Waals surface area contributed by atoms with Gasteiger partial charge in [0.1, 0.15) is 5.69 Å². The Balaban J connectivity index is 2.04. The van der Waals surface area contributed by atoms with E-state index in [1.807, 2.05) is 14.0 Å². The molecule has 0 aliphatic carbocycles. The van der Waals surface area contributed by atoms with Gasteiger partial charge in [0.15, 0.2) is 0 Å². The number of hydrogen-bond acceptors (Lipinski definition) is 3. The number of hydrogen-bond donors (Lipinski definition) is 1. The zero-order valence-corrected chi connectivity index (χ0v) is 9.10. The van der Waals surface area contributed by atoms with Crippen molar-refractivity contribution in [1.29, 1.82) is 0 Å². The van der Waals surface area contributed by atoms with Crippen LogP contribution in [0, 0.1) is 0 Å². The van der Waals surface area contributed by atoms with Crippen LogP contribution in [0.5, 0.6) is 0 Å². The van der Waals surface area contributed by atoms with E-state index in [1.165, 1.54) is 0 Å². The molecule has 82 valence electrons. The van der Waals surface area contributed by atoms with E-state index >= 15 is 0 Å². The maximum absolute atomic E-state index is 11.9. The summed E-state index contributed by atoms with van der Waals surface area (Å²) in [5.41, 5.74) is 6.45. The van der Waals surface area contributed by atoms with Crippen molar-refractivity contribution >= 4 is 5.91 Å². The number of carbonyl (C=O) groups is 1. The first-order chi connectivity index (χ1) is 7.06. The van der Waals surface area contributed by atoms with Crippen molar-refractivity contribution in [2.75, 3.05) is 13.1 Å². The molecule has 2 rings (SSSR count). The zero-order valence-electron chi connectivity index (χ0n) is 9.10. The highest BCUT2D eigenvalue weighted by Crippen LogP contribution is 2.23. The van der Waals surface area contributed by atoms with Crippen LogP contribution in [0.3, 0.4) is 0 Å². The number of rotatable bonds is 2. The van der Waals surface area contributed by atoms with Crippen molar-refractivity contribution in [3.63, 3.8) is 0 Å². The van der Waals surface area contributed by atoms with Gasteiger partial charge in [-0.3, -0.25) is 4.79 Å². The highest BCUT2D eigenvalue weighted by Gasteiger charge is 2.41. The number of carbonyl (C=O) groups excluding carboxylic acids is 1. The van der Waals surface area contributed by atoms with Gasteiger partial charge < -0.3 is 15.2 Å². The summed E-state index contributed by atoms with van der Waals surface area (Å²) in [6.45, 7) is 3.34. The molecule has 1 amide bonds. The molecule has 0 atom stereocenters. The molecule has 0 spiro atoms. The number of likely N-dealkylation sites (tertiary alicyclic amines) is 1. The van der Waals surface area contributed by atoms with E-state index in [1.54, 1.807) is 22.0 Å². The van der Waals surface area contributed by atoms with Crippen molar-refractivity contribution in [1.82, 2.24) is 14.5 Å². The predicted molar refractivity (Wildman–Crippen MR) is 56.3 cm³/mol. The summed E-state index contributed by atoms with van der Waals surface area (Å²) in [5, 5.41) is 0. The average molecular weight is 208 g/mol. The van der Waals surface area contributed by atoms with Gasteiger partial charge in [0.2, 0.25) is 0 Å². The zero-order chi connectivity index (χ0) is 11.1. The lowest BCUT2D eigenvalue weighted by Gasteiger charge is -2.47. The molecule has 2 heterocycles. The smallest absolute Gasteiger partial charge is 0.272 e. The Bertz CT molecular complexity index is 379. The van der Waals surface area contributed by atoms with E-state index in [-0.39, 0.29) is 11.4 Å². The lowest BCUT2D eigenvalue weighted by Crippen LogP contribution is -2.68. The normalized spacial score (nSPS) is 18.7. The first-order valence-corrected chi connectivity index (χ1v) is 5.10. The molecule has 1 aromatic heterocycles. The third-order valence-electron chi connectivity index (χ3n) is 3.04. The third kappa shape index (κ3) is 1.63. The average Bonchev–Trinajstić information content (AvgIpc) is 2.58. The van der Waals surface area contributed by atoms with Crippen LogP contribution < -0.4 is 5.73 Å². The number of nitrogens with zero attached hydrogens (tertiary/aromatic N) is 3. The monoisotopic (exact) mass is 208 g/mol. The van der Waals surface area contributed by atoms with Crippen LogP contribution in [0.2, 0.25) is 0 Å². The lowest BCUT2D eigenvalue weighted by atomic mass is 9.88. The maximum atomic E-state index is 11.9. The highest BCUT2D eigenvalue weighted by atomic mass is 16.2. The van der Waals surface area contributed by atoms with Gasteiger partial charge in [-0.2, -0.15) is 0 Å². The minimum Gasteiger partial charge on any atom is -0.333 e. The SMILES string of the molecule is CCC1(N)CN(C(=O)c2cncn2C)C1. The fourth-order valence-electron chi connectivity index (χ4n) is 1.81. The maximum Gasteiger partial charge on any atom is 0.272 e. The second kappa shape index (κ2) is 3.34. The van der Waals surface area contributed by atoms with E-state index in [2.05, 4.69) is 4.98 Å². The predicted octanol–water partition coefficient (Wildman–Crippen LogP) is -0.0166. The molecule has 0 unspecified atom stereocenters. The fourth-order valence-corrected chi connectivity index (χ4v) is 1.81. The second-order valence-electron chi connectivity index (χ2n) is 4.27. The van der Waals surface area contributed by atoms with E-state index in [9.17, 15) is 4.79 Å². The molecule has 5 nitrogen and oxygen atoms in total.